The number of para-hydroxylation sites is 1. The summed E-state index contributed by atoms with van der Waals surface area (Å²) >= 11 is 0. The molecule has 7 nitrogen and oxygen atoms in total. The number of aromatic nitrogens is 3. The molecule has 0 saturated heterocycles. The molecule has 3 aromatic rings. The summed E-state index contributed by atoms with van der Waals surface area (Å²) in [5.74, 6) is 2.19. The van der Waals surface area contributed by atoms with Crippen LogP contribution in [0.2, 0.25) is 0 Å². The fourth-order valence-corrected chi connectivity index (χ4v) is 2.48. The maximum atomic E-state index is 5.79. The quantitative estimate of drug-likeness (QED) is 0.536. The fraction of sp³-hybridized carbons (Fsp3) is 0.350. The maximum absolute atomic E-state index is 5.79. The zero-order valence-corrected chi connectivity index (χ0v) is 16.2. The van der Waals surface area contributed by atoms with E-state index in [1.165, 1.54) is 0 Å². The van der Waals surface area contributed by atoms with Gasteiger partial charge in [-0.2, -0.15) is 5.10 Å². The number of guanidine groups is 1. The van der Waals surface area contributed by atoms with Gasteiger partial charge in [0, 0.05) is 30.8 Å². The van der Waals surface area contributed by atoms with Crippen molar-refractivity contribution < 1.29 is 4.42 Å². The van der Waals surface area contributed by atoms with E-state index in [0.29, 0.717) is 24.9 Å². The van der Waals surface area contributed by atoms with Crippen molar-refractivity contribution in [2.24, 2.45) is 4.99 Å². The number of hydrogen-bond acceptors (Lipinski definition) is 4. The van der Waals surface area contributed by atoms with Gasteiger partial charge >= 0.3 is 0 Å². The van der Waals surface area contributed by atoms with Crippen molar-refractivity contribution in [1.29, 1.82) is 0 Å². The molecule has 0 amide bonds. The molecule has 2 N–H and O–H groups in total. The number of hydrogen-bond donors (Lipinski definition) is 2. The van der Waals surface area contributed by atoms with Crippen molar-refractivity contribution >= 4 is 5.96 Å². The smallest absolute Gasteiger partial charge is 0.213 e. The second-order valence-corrected chi connectivity index (χ2v) is 7.28. The molecule has 142 valence electrons. The monoisotopic (exact) mass is 366 g/mol. The van der Waals surface area contributed by atoms with Crippen LogP contribution in [0.25, 0.3) is 5.69 Å². The Labute approximate surface area is 159 Å². The Kier molecular flexibility index (Phi) is 5.59. The van der Waals surface area contributed by atoms with Gasteiger partial charge < -0.3 is 15.1 Å². The molecule has 0 unspecified atom stereocenters. The summed E-state index contributed by atoms with van der Waals surface area (Å²) < 4.78 is 7.64. The van der Waals surface area contributed by atoms with Gasteiger partial charge in [0.25, 0.3) is 0 Å². The Morgan fingerprint density at radius 1 is 1.11 bits per heavy atom. The molecular formula is C20H26N6O. The zero-order valence-electron chi connectivity index (χ0n) is 16.2. The van der Waals surface area contributed by atoms with Gasteiger partial charge in [0.2, 0.25) is 5.89 Å². The minimum atomic E-state index is -0.0515. The minimum Gasteiger partial charge on any atom is -0.443 e. The topological polar surface area (TPSA) is 80.3 Å². The Morgan fingerprint density at radius 3 is 2.52 bits per heavy atom. The summed E-state index contributed by atoms with van der Waals surface area (Å²) in [4.78, 5) is 8.56. The van der Waals surface area contributed by atoms with Gasteiger partial charge in [-0.1, -0.05) is 39.0 Å². The third-order valence-electron chi connectivity index (χ3n) is 4.04. The molecule has 2 aromatic heterocycles. The van der Waals surface area contributed by atoms with Gasteiger partial charge in [-0.05, 0) is 12.1 Å². The number of aliphatic imine (C=N–C) groups is 1. The van der Waals surface area contributed by atoms with E-state index >= 15 is 0 Å². The van der Waals surface area contributed by atoms with E-state index in [2.05, 4.69) is 46.5 Å². The molecule has 1 aromatic carbocycles. The van der Waals surface area contributed by atoms with Gasteiger partial charge in [-0.25, -0.2) is 9.67 Å². The predicted octanol–water partition coefficient (Wildman–Crippen LogP) is 3.02. The van der Waals surface area contributed by atoms with E-state index in [1.54, 1.807) is 13.2 Å². The second kappa shape index (κ2) is 8.07. The summed E-state index contributed by atoms with van der Waals surface area (Å²) in [6.07, 6.45) is 5.63. The molecule has 3 rings (SSSR count). The second-order valence-electron chi connectivity index (χ2n) is 7.28. The number of nitrogens with zero attached hydrogens (tertiary/aromatic N) is 4. The number of nitrogens with one attached hydrogen (secondary N) is 2. The van der Waals surface area contributed by atoms with Gasteiger partial charge in [-0.3, -0.25) is 4.99 Å². The van der Waals surface area contributed by atoms with Gasteiger partial charge in [0.1, 0.15) is 5.76 Å². The van der Waals surface area contributed by atoms with Crippen molar-refractivity contribution in [2.75, 3.05) is 7.05 Å². The summed E-state index contributed by atoms with van der Waals surface area (Å²) in [7, 11) is 1.73. The van der Waals surface area contributed by atoms with E-state index in [4.69, 9.17) is 4.42 Å². The van der Waals surface area contributed by atoms with Crippen molar-refractivity contribution in [1.82, 2.24) is 25.4 Å². The Balaban J connectivity index is 1.52. The van der Waals surface area contributed by atoms with Crippen LogP contribution < -0.4 is 10.6 Å². The molecule has 0 fully saturated rings. The molecule has 27 heavy (non-hydrogen) atoms. The van der Waals surface area contributed by atoms with Crippen molar-refractivity contribution in [3.63, 3.8) is 0 Å². The summed E-state index contributed by atoms with van der Waals surface area (Å²) in [6.45, 7) is 7.38. The Bertz CT molecular complexity index is 889. The molecule has 7 heteroatoms. The first kappa shape index (κ1) is 18.7. The molecule has 0 saturated carbocycles. The molecule has 0 aliphatic heterocycles. The highest BCUT2D eigenvalue weighted by Crippen LogP contribution is 2.22. The van der Waals surface area contributed by atoms with Gasteiger partial charge in [-0.15, -0.1) is 0 Å². The summed E-state index contributed by atoms with van der Waals surface area (Å²) in [5, 5.41) is 10.9. The molecule has 0 aliphatic carbocycles. The average Bonchev–Trinajstić information content (AvgIpc) is 3.32. The van der Waals surface area contributed by atoms with Crippen LogP contribution in [0.3, 0.4) is 0 Å². The standard InChI is InChI=1S/C20H26N6O/c1-20(2,3)17-12-22-18(27-17)13-24-19(21-4)23-10-15-11-25-26(14-15)16-8-6-5-7-9-16/h5-9,11-12,14H,10,13H2,1-4H3,(H2,21,23,24). The van der Waals surface area contributed by atoms with Crippen LogP contribution in [-0.2, 0) is 18.5 Å². The number of benzene rings is 1. The lowest BCUT2D eigenvalue weighted by Crippen LogP contribution is -2.36. The highest BCUT2D eigenvalue weighted by atomic mass is 16.4. The van der Waals surface area contributed by atoms with Crippen LogP contribution >= 0.6 is 0 Å². The third kappa shape index (κ3) is 4.97. The molecule has 0 spiro atoms. The number of rotatable bonds is 5. The Hall–Kier alpha value is -3.09. The van der Waals surface area contributed by atoms with Crippen LogP contribution in [0.5, 0.6) is 0 Å². The molecule has 2 heterocycles. The largest absolute Gasteiger partial charge is 0.443 e. The fourth-order valence-electron chi connectivity index (χ4n) is 2.48. The van der Waals surface area contributed by atoms with Crippen molar-refractivity contribution in [3.05, 3.63) is 66.1 Å². The van der Waals surface area contributed by atoms with E-state index < -0.39 is 0 Å². The summed E-state index contributed by atoms with van der Waals surface area (Å²) in [5.41, 5.74) is 2.04. The SMILES string of the molecule is CN=C(NCc1cnn(-c2ccccc2)c1)NCc1ncc(C(C)(C)C)o1. The lowest BCUT2D eigenvalue weighted by Gasteiger charge is -2.13. The van der Waals surface area contributed by atoms with Crippen LogP contribution in [0.4, 0.5) is 0 Å². The van der Waals surface area contributed by atoms with Crippen LogP contribution in [0, 0.1) is 0 Å². The highest BCUT2D eigenvalue weighted by molar-refractivity contribution is 5.79. The van der Waals surface area contributed by atoms with Crippen molar-refractivity contribution in [2.45, 2.75) is 39.3 Å². The first-order valence-corrected chi connectivity index (χ1v) is 8.94. The normalized spacial score (nSPS) is 12.2. The molecular weight excluding hydrogens is 340 g/mol. The first-order valence-electron chi connectivity index (χ1n) is 8.94. The highest BCUT2D eigenvalue weighted by Gasteiger charge is 2.19. The van der Waals surface area contributed by atoms with E-state index in [-0.39, 0.29) is 5.41 Å². The van der Waals surface area contributed by atoms with E-state index in [0.717, 1.165) is 17.0 Å². The van der Waals surface area contributed by atoms with Crippen LogP contribution in [0.15, 0.2) is 58.3 Å². The minimum absolute atomic E-state index is 0.0515. The predicted molar refractivity (Wildman–Crippen MR) is 106 cm³/mol. The average molecular weight is 366 g/mol. The lowest BCUT2D eigenvalue weighted by atomic mass is 9.94. The Morgan fingerprint density at radius 2 is 1.85 bits per heavy atom. The zero-order chi connectivity index (χ0) is 19.3. The molecule has 0 aliphatic rings. The number of oxazole rings is 1. The molecule has 0 atom stereocenters. The van der Waals surface area contributed by atoms with Crippen LogP contribution in [0.1, 0.15) is 38.0 Å². The maximum Gasteiger partial charge on any atom is 0.213 e. The van der Waals surface area contributed by atoms with E-state index in [9.17, 15) is 0 Å². The van der Waals surface area contributed by atoms with Gasteiger partial charge in [0.05, 0.1) is 24.6 Å². The third-order valence-corrected chi connectivity index (χ3v) is 4.04. The van der Waals surface area contributed by atoms with Crippen molar-refractivity contribution in [3.8, 4) is 5.69 Å². The van der Waals surface area contributed by atoms with Gasteiger partial charge in [0.15, 0.2) is 5.96 Å². The molecule has 0 bridgehead atoms. The van der Waals surface area contributed by atoms with Crippen LogP contribution in [-0.4, -0.2) is 27.8 Å². The summed E-state index contributed by atoms with van der Waals surface area (Å²) in [6, 6.07) is 10.0. The lowest BCUT2D eigenvalue weighted by molar-refractivity contribution is 0.379. The molecule has 0 radical (unpaired) electrons. The van der Waals surface area contributed by atoms with E-state index in [1.807, 2.05) is 47.4 Å². The first-order chi connectivity index (χ1) is 13.0.